The zero-order valence-corrected chi connectivity index (χ0v) is 17.2. The Morgan fingerprint density at radius 1 is 1.10 bits per heavy atom. The van der Waals surface area contributed by atoms with Gasteiger partial charge in [-0.2, -0.15) is 14.3 Å². The number of esters is 1. The molecule has 1 amide bonds. The normalized spacial score (nSPS) is 15.6. The van der Waals surface area contributed by atoms with E-state index in [0.717, 1.165) is 16.8 Å². The van der Waals surface area contributed by atoms with E-state index < -0.39 is 5.97 Å². The lowest BCUT2D eigenvalue weighted by Crippen LogP contribution is -2.25. The molecular weight excluding hydrogens is 398 g/mol. The smallest absolute Gasteiger partial charge is 0.337 e. The summed E-state index contributed by atoms with van der Waals surface area (Å²) in [6, 6.07) is 10.7. The van der Waals surface area contributed by atoms with Crippen LogP contribution in [-0.2, 0) is 9.53 Å². The fourth-order valence-electron chi connectivity index (χ4n) is 3.97. The van der Waals surface area contributed by atoms with E-state index in [1.54, 1.807) is 33.5 Å². The summed E-state index contributed by atoms with van der Waals surface area (Å²) in [6.07, 6.45) is 0.286. The quantitative estimate of drug-likeness (QED) is 0.508. The zero-order valence-electron chi connectivity index (χ0n) is 17.2. The second-order valence-electron chi connectivity index (χ2n) is 7.39. The molecule has 1 N–H and O–H groups in total. The molecule has 0 fully saturated rings. The van der Waals surface area contributed by atoms with Crippen LogP contribution in [0.1, 0.15) is 45.3 Å². The number of nitrogens with zero attached hydrogens (tertiary/aromatic N) is 6. The van der Waals surface area contributed by atoms with E-state index in [1.807, 2.05) is 26.0 Å². The number of hydrogen-bond donors (Lipinski definition) is 1. The van der Waals surface area contributed by atoms with Gasteiger partial charge in [-0.1, -0.05) is 12.1 Å². The molecular formula is C21H19N7O3. The van der Waals surface area contributed by atoms with Crippen molar-refractivity contribution in [1.82, 2.24) is 29.6 Å². The molecule has 0 spiro atoms. The van der Waals surface area contributed by atoms with Gasteiger partial charge in [0, 0.05) is 17.9 Å². The molecule has 1 atom stereocenters. The SMILES string of the molecule is COC(=O)c1ccc([C@H]2CC(=O)Nc3c2c(C)nn3-c2ccc3nnc(C)n3n2)cc1. The molecule has 1 aliphatic rings. The van der Waals surface area contributed by atoms with E-state index in [1.165, 1.54) is 7.11 Å². The van der Waals surface area contributed by atoms with Crippen molar-refractivity contribution in [3.63, 3.8) is 0 Å². The maximum atomic E-state index is 12.6. The summed E-state index contributed by atoms with van der Waals surface area (Å²) in [4.78, 5) is 24.3. The summed E-state index contributed by atoms with van der Waals surface area (Å²) in [6.45, 7) is 3.72. The summed E-state index contributed by atoms with van der Waals surface area (Å²) in [7, 11) is 1.35. The first-order valence-corrected chi connectivity index (χ1v) is 9.73. The first-order valence-electron chi connectivity index (χ1n) is 9.73. The van der Waals surface area contributed by atoms with Gasteiger partial charge in [0.2, 0.25) is 5.91 Å². The highest BCUT2D eigenvalue weighted by Crippen LogP contribution is 2.40. The van der Waals surface area contributed by atoms with Crippen LogP contribution in [0.3, 0.4) is 0 Å². The largest absolute Gasteiger partial charge is 0.465 e. The minimum absolute atomic E-state index is 0.114. The van der Waals surface area contributed by atoms with Crippen molar-refractivity contribution >= 4 is 23.3 Å². The summed E-state index contributed by atoms with van der Waals surface area (Å²) in [5, 5.41) is 20.3. The van der Waals surface area contributed by atoms with Crippen LogP contribution in [0, 0.1) is 13.8 Å². The first-order chi connectivity index (χ1) is 15.0. The van der Waals surface area contributed by atoms with Gasteiger partial charge >= 0.3 is 5.97 Å². The highest BCUT2D eigenvalue weighted by molar-refractivity contribution is 5.95. The summed E-state index contributed by atoms with van der Waals surface area (Å²) < 4.78 is 8.03. The van der Waals surface area contributed by atoms with Gasteiger partial charge in [0.05, 0.1) is 18.4 Å². The molecule has 0 saturated heterocycles. The number of nitrogens with one attached hydrogen (secondary N) is 1. The van der Waals surface area contributed by atoms with E-state index >= 15 is 0 Å². The summed E-state index contributed by atoms with van der Waals surface area (Å²) >= 11 is 0. The van der Waals surface area contributed by atoms with E-state index in [0.29, 0.717) is 28.7 Å². The predicted molar refractivity (Wildman–Crippen MR) is 110 cm³/mol. The topological polar surface area (TPSA) is 116 Å². The lowest BCUT2D eigenvalue weighted by Gasteiger charge is -2.24. The molecule has 0 bridgehead atoms. The highest BCUT2D eigenvalue weighted by atomic mass is 16.5. The lowest BCUT2D eigenvalue weighted by molar-refractivity contribution is -0.116. The third-order valence-electron chi connectivity index (χ3n) is 5.46. The van der Waals surface area contributed by atoms with E-state index in [9.17, 15) is 9.59 Å². The van der Waals surface area contributed by atoms with Gasteiger partial charge in [0.15, 0.2) is 17.3 Å². The van der Waals surface area contributed by atoms with Crippen molar-refractivity contribution in [3.8, 4) is 5.82 Å². The van der Waals surface area contributed by atoms with Crippen LogP contribution in [0.2, 0.25) is 0 Å². The Bertz CT molecular complexity index is 1340. The molecule has 3 aromatic heterocycles. The van der Waals surface area contributed by atoms with Gasteiger partial charge in [-0.3, -0.25) is 4.79 Å². The first kappa shape index (κ1) is 18.9. The molecule has 10 nitrogen and oxygen atoms in total. The maximum absolute atomic E-state index is 12.6. The number of carbonyl (C=O) groups excluding carboxylic acids is 2. The number of carbonyl (C=O) groups is 2. The number of fused-ring (bicyclic) bond motifs is 2. The average molecular weight is 417 g/mol. The van der Waals surface area contributed by atoms with Crippen LogP contribution in [0.25, 0.3) is 11.5 Å². The monoisotopic (exact) mass is 417 g/mol. The molecule has 5 rings (SSSR count). The van der Waals surface area contributed by atoms with E-state index in [-0.39, 0.29) is 18.2 Å². The Kier molecular flexibility index (Phi) is 4.28. The minimum atomic E-state index is -0.400. The van der Waals surface area contributed by atoms with Gasteiger partial charge in [-0.25, -0.2) is 4.79 Å². The molecule has 31 heavy (non-hydrogen) atoms. The fourth-order valence-corrected chi connectivity index (χ4v) is 3.97. The molecule has 1 aromatic carbocycles. The van der Waals surface area contributed by atoms with Crippen molar-refractivity contribution < 1.29 is 14.3 Å². The van der Waals surface area contributed by atoms with Crippen molar-refractivity contribution in [3.05, 3.63) is 64.6 Å². The van der Waals surface area contributed by atoms with Crippen molar-refractivity contribution in [2.75, 3.05) is 12.4 Å². The average Bonchev–Trinajstić information content (AvgIpc) is 3.32. The molecule has 0 radical (unpaired) electrons. The summed E-state index contributed by atoms with van der Waals surface area (Å²) in [5.74, 6) is 1.09. The van der Waals surface area contributed by atoms with E-state index in [4.69, 9.17) is 4.74 Å². The molecule has 10 heteroatoms. The minimum Gasteiger partial charge on any atom is -0.465 e. The Hall–Kier alpha value is -4.08. The number of rotatable bonds is 3. The van der Waals surface area contributed by atoms with Gasteiger partial charge in [0.1, 0.15) is 5.82 Å². The Labute approximate surface area is 176 Å². The second-order valence-corrected chi connectivity index (χ2v) is 7.39. The standard InChI is InChI=1S/C21H19N7O3/c1-11-19-15(13-4-6-14(7-5-13)21(30)31-3)10-18(29)22-20(19)28(25-11)17-9-8-16-24-23-12(2)27(16)26-17/h4-9,15H,10H2,1-3H3,(H,22,29)/t15-/m1/s1. The number of aryl methyl sites for hydroxylation is 2. The van der Waals surface area contributed by atoms with Crippen molar-refractivity contribution in [2.24, 2.45) is 0 Å². The lowest BCUT2D eigenvalue weighted by atomic mass is 9.85. The summed E-state index contributed by atoms with van der Waals surface area (Å²) in [5.41, 5.74) is 3.73. The Balaban J connectivity index is 1.61. The van der Waals surface area contributed by atoms with Crippen LogP contribution in [-0.4, -0.2) is 48.6 Å². The number of benzene rings is 1. The molecule has 0 aliphatic carbocycles. The van der Waals surface area contributed by atoms with Crippen LogP contribution in [0.4, 0.5) is 5.82 Å². The zero-order chi connectivity index (χ0) is 21.7. The molecule has 4 heterocycles. The van der Waals surface area contributed by atoms with Gasteiger partial charge in [-0.15, -0.1) is 15.3 Å². The van der Waals surface area contributed by atoms with Crippen LogP contribution < -0.4 is 5.32 Å². The Morgan fingerprint density at radius 2 is 1.87 bits per heavy atom. The van der Waals surface area contributed by atoms with Crippen LogP contribution in [0.15, 0.2) is 36.4 Å². The predicted octanol–water partition coefficient (Wildman–Crippen LogP) is 2.19. The number of ether oxygens (including phenoxy) is 1. The number of anilines is 1. The third kappa shape index (κ3) is 3.03. The number of methoxy groups -OCH3 is 1. The van der Waals surface area contributed by atoms with Crippen molar-refractivity contribution in [2.45, 2.75) is 26.2 Å². The second kappa shape index (κ2) is 7.01. The fraction of sp³-hybridized carbons (Fsp3) is 0.238. The number of hydrogen-bond acceptors (Lipinski definition) is 7. The number of aromatic nitrogens is 6. The van der Waals surface area contributed by atoms with Crippen molar-refractivity contribution in [1.29, 1.82) is 0 Å². The molecule has 0 saturated carbocycles. The highest BCUT2D eigenvalue weighted by Gasteiger charge is 2.33. The maximum Gasteiger partial charge on any atom is 0.337 e. The molecule has 0 unspecified atom stereocenters. The van der Waals surface area contributed by atoms with Gasteiger partial charge in [-0.05, 0) is 43.7 Å². The van der Waals surface area contributed by atoms with E-state index in [2.05, 4.69) is 25.7 Å². The van der Waals surface area contributed by atoms with Gasteiger partial charge < -0.3 is 10.1 Å². The van der Waals surface area contributed by atoms with Crippen LogP contribution in [0.5, 0.6) is 0 Å². The number of amides is 1. The van der Waals surface area contributed by atoms with Gasteiger partial charge in [0.25, 0.3) is 0 Å². The molecule has 4 aromatic rings. The third-order valence-corrected chi connectivity index (χ3v) is 5.46. The Morgan fingerprint density at radius 3 is 2.61 bits per heavy atom. The molecule has 1 aliphatic heterocycles. The van der Waals surface area contributed by atoms with Crippen LogP contribution >= 0.6 is 0 Å². The molecule has 156 valence electrons.